The van der Waals surface area contributed by atoms with Crippen molar-refractivity contribution in [3.05, 3.63) is 65.7 Å². The smallest absolute Gasteiger partial charge is 0.225 e. The van der Waals surface area contributed by atoms with E-state index in [0.29, 0.717) is 32.5 Å². The van der Waals surface area contributed by atoms with Crippen LogP contribution in [0.25, 0.3) is 0 Å². The van der Waals surface area contributed by atoms with Crippen LogP contribution in [-0.2, 0) is 27.3 Å². The van der Waals surface area contributed by atoms with E-state index in [9.17, 15) is 9.59 Å². The number of carbonyl (C=O) groups excluding carboxylic acids is 2. The molecular weight excluding hydrogens is 402 g/mol. The van der Waals surface area contributed by atoms with Crippen molar-refractivity contribution in [2.45, 2.75) is 32.2 Å². The number of likely N-dealkylation sites (tertiary alicyclic amines) is 1. The van der Waals surface area contributed by atoms with Gasteiger partial charge < -0.3 is 19.9 Å². The molecule has 1 unspecified atom stereocenters. The highest BCUT2D eigenvalue weighted by molar-refractivity contribution is 5.83. The van der Waals surface area contributed by atoms with Crippen LogP contribution in [0.3, 0.4) is 0 Å². The summed E-state index contributed by atoms with van der Waals surface area (Å²) >= 11 is 0. The predicted octanol–water partition coefficient (Wildman–Crippen LogP) is 3.01. The van der Waals surface area contributed by atoms with Crippen molar-refractivity contribution in [2.24, 2.45) is 5.92 Å². The van der Waals surface area contributed by atoms with Crippen molar-refractivity contribution in [1.29, 1.82) is 0 Å². The molecule has 2 amide bonds. The Morgan fingerprint density at radius 3 is 2.50 bits per heavy atom. The first kappa shape index (κ1) is 22.3. The Hall–Kier alpha value is -2.86. The second kappa shape index (κ2) is 11.1. The number of amides is 2. The molecule has 2 aromatic carbocycles. The van der Waals surface area contributed by atoms with Crippen molar-refractivity contribution in [3.8, 4) is 0 Å². The summed E-state index contributed by atoms with van der Waals surface area (Å²) in [6.07, 6.45) is 2.95. The third-order valence-electron chi connectivity index (χ3n) is 6.39. The standard InChI is InChI=1S/C26H33N3O3/c30-25-13-10-23(20-29(25)14-4-7-21-5-2-1-3-6-21)26(31)27-19-22-8-11-24(12-9-22)28-15-17-32-18-16-28/h1-3,5-6,8-9,11-12,23H,4,7,10,13-20H2,(H,27,31). The minimum atomic E-state index is -0.128. The maximum absolute atomic E-state index is 12.8. The molecule has 1 N–H and O–H groups in total. The van der Waals surface area contributed by atoms with E-state index in [-0.39, 0.29) is 17.7 Å². The van der Waals surface area contributed by atoms with E-state index < -0.39 is 0 Å². The largest absolute Gasteiger partial charge is 0.378 e. The highest BCUT2D eigenvalue weighted by Crippen LogP contribution is 2.20. The molecule has 0 aliphatic carbocycles. The van der Waals surface area contributed by atoms with E-state index in [4.69, 9.17) is 4.74 Å². The van der Waals surface area contributed by atoms with E-state index in [1.54, 1.807) is 0 Å². The second-order valence-corrected chi connectivity index (χ2v) is 8.65. The Balaban J connectivity index is 1.22. The van der Waals surface area contributed by atoms with Crippen LogP contribution >= 0.6 is 0 Å². The lowest BCUT2D eigenvalue weighted by atomic mass is 9.96. The zero-order valence-electron chi connectivity index (χ0n) is 18.7. The lowest BCUT2D eigenvalue weighted by Crippen LogP contribution is -2.46. The van der Waals surface area contributed by atoms with Crippen LogP contribution in [0.1, 0.15) is 30.4 Å². The van der Waals surface area contributed by atoms with Gasteiger partial charge in [-0.05, 0) is 42.5 Å². The van der Waals surface area contributed by atoms with E-state index in [1.165, 1.54) is 11.3 Å². The fraction of sp³-hybridized carbons (Fsp3) is 0.462. The topological polar surface area (TPSA) is 61.9 Å². The van der Waals surface area contributed by atoms with E-state index >= 15 is 0 Å². The van der Waals surface area contributed by atoms with Gasteiger partial charge in [0.15, 0.2) is 0 Å². The molecule has 2 aliphatic rings. The van der Waals surface area contributed by atoms with Crippen LogP contribution in [0.5, 0.6) is 0 Å². The lowest BCUT2D eigenvalue weighted by Gasteiger charge is -2.32. The number of anilines is 1. The minimum Gasteiger partial charge on any atom is -0.378 e. The Morgan fingerprint density at radius 1 is 1.00 bits per heavy atom. The van der Waals surface area contributed by atoms with Gasteiger partial charge in [0.25, 0.3) is 0 Å². The molecule has 0 bridgehead atoms. The second-order valence-electron chi connectivity index (χ2n) is 8.65. The fourth-order valence-corrected chi connectivity index (χ4v) is 4.44. The molecule has 2 saturated heterocycles. The molecule has 32 heavy (non-hydrogen) atoms. The van der Waals surface area contributed by atoms with Gasteiger partial charge in [0.05, 0.1) is 19.1 Å². The predicted molar refractivity (Wildman–Crippen MR) is 125 cm³/mol. The van der Waals surface area contributed by atoms with Gasteiger partial charge in [-0.15, -0.1) is 0 Å². The number of benzene rings is 2. The summed E-state index contributed by atoms with van der Waals surface area (Å²) in [5.41, 5.74) is 3.56. The summed E-state index contributed by atoms with van der Waals surface area (Å²) in [4.78, 5) is 29.3. The molecule has 0 aromatic heterocycles. The average molecular weight is 436 g/mol. The molecule has 2 heterocycles. The van der Waals surface area contributed by atoms with Crippen LogP contribution in [0, 0.1) is 5.92 Å². The lowest BCUT2D eigenvalue weighted by molar-refractivity contribution is -0.138. The Labute approximate surface area is 190 Å². The Kier molecular flexibility index (Phi) is 7.77. The highest BCUT2D eigenvalue weighted by atomic mass is 16.5. The summed E-state index contributed by atoms with van der Waals surface area (Å²) in [5.74, 6) is 0.0840. The number of hydrogen-bond donors (Lipinski definition) is 1. The third kappa shape index (κ3) is 6.10. The third-order valence-corrected chi connectivity index (χ3v) is 6.39. The van der Waals surface area contributed by atoms with Crippen LogP contribution in [0.4, 0.5) is 5.69 Å². The van der Waals surface area contributed by atoms with Crippen molar-refractivity contribution in [2.75, 3.05) is 44.3 Å². The first-order chi connectivity index (χ1) is 15.7. The molecule has 2 fully saturated rings. The minimum absolute atomic E-state index is 0.0443. The SMILES string of the molecule is O=C(NCc1ccc(N2CCOCC2)cc1)C1CCC(=O)N(CCCc2ccccc2)C1. The van der Waals surface area contributed by atoms with Gasteiger partial charge in [0.1, 0.15) is 0 Å². The maximum Gasteiger partial charge on any atom is 0.225 e. The van der Waals surface area contributed by atoms with Crippen molar-refractivity contribution in [3.63, 3.8) is 0 Å². The molecule has 2 aromatic rings. The molecular formula is C26H33N3O3. The first-order valence-corrected chi connectivity index (χ1v) is 11.7. The molecule has 6 nitrogen and oxygen atoms in total. The maximum atomic E-state index is 12.8. The van der Waals surface area contributed by atoms with Gasteiger partial charge in [-0.3, -0.25) is 9.59 Å². The molecule has 1 atom stereocenters. The Morgan fingerprint density at radius 2 is 1.75 bits per heavy atom. The molecule has 170 valence electrons. The van der Waals surface area contributed by atoms with Crippen LogP contribution < -0.4 is 10.2 Å². The number of piperidine rings is 1. The van der Waals surface area contributed by atoms with Gasteiger partial charge in [0, 0.05) is 44.8 Å². The first-order valence-electron chi connectivity index (χ1n) is 11.7. The van der Waals surface area contributed by atoms with Crippen molar-refractivity contribution >= 4 is 17.5 Å². The quantitative estimate of drug-likeness (QED) is 0.693. The summed E-state index contributed by atoms with van der Waals surface area (Å²) in [7, 11) is 0. The Bertz CT molecular complexity index is 879. The number of aryl methyl sites for hydroxylation is 1. The highest BCUT2D eigenvalue weighted by Gasteiger charge is 2.29. The zero-order valence-corrected chi connectivity index (χ0v) is 18.7. The average Bonchev–Trinajstić information content (AvgIpc) is 2.85. The summed E-state index contributed by atoms with van der Waals surface area (Å²) in [5, 5.41) is 3.07. The number of ether oxygens (including phenoxy) is 1. The number of rotatable bonds is 8. The van der Waals surface area contributed by atoms with Crippen molar-refractivity contribution in [1.82, 2.24) is 10.2 Å². The van der Waals surface area contributed by atoms with Gasteiger partial charge >= 0.3 is 0 Å². The molecule has 2 aliphatic heterocycles. The van der Waals surface area contributed by atoms with Gasteiger partial charge in [0.2, 0.25) is 11.8 Å². The van der Waals surface area contributed by atoms with Crippen molar-refractivity contribution < 1.29 is 14.3 Å². The van der Waals surface area contributed by atoms with E-state index in [1.807, 2.05) is 23.1 Å². The number of hydrogen-bond acceptors (Lipinski definition) is 4. The van der Waals surface area contributed by atoms with Crippen LogP contribution in [0.15, 0.2) is 54.6 Å². The van der Waals surface area contributed by atoms with Gasteiger partial charge in [-0.2, -0.15) is 0 Å². The zero-order chi connectivity index (χ0) is 22.2. The van der Waals surface area contributed by atoms with E-state index in [0.717, 1.165) is 44.7 Å². The molecule has 0 spiro atoms. The fourth-order valence-electron chi connectivity index (χ4n) is 4.44. The molecule has 4 rings (SSSR count). The summed E-state index contributed by atoms with van der Waals surface area (Å²) < 4.78 is 5.41. The number of nitrogens with zero attached hydrogens (tertiary/aromatic N) is 2. The molecule has 6 heteroatoms. The number of carbonyl (C=O) groups is 2. The molecule has 0 radical (unpaired) electrons. The number of morpholine rings is 1. The van der Waals surface area contributed by atoms with Crippen LogP contribution in [-0.4, -0.2) is 56.1 Å². The van der Waals surface area contributed by atoms with Gasteiger partial charge in [-0.1, -0.05) is 42.5 Å². The monoisotopic (exact) mass is 435 g/mol. The summed E-state index contributed by atoms with van der Waals surface area (Å²) in [6, 6.07) is 18.7. The summed E-state index contributed by atoms with van der Waals surface area (Å²) in [6.45, 7) is 5.11. The normalized spacial score (nSPS) is 19.1. The number of nitrogens with one attached hydrogen (secondary N) is 1. The van der Waals surface area contributed by atoms with Gasteiger partial charge in [-0.25, -0.2) is 0 Å². The van der Waals surface area contributed by atoms with E-state index in [2.05, 4.69) is 46.6 Å². The molecule has 0 saturated carbocycles. The van der Waals surface area contributed by atoms with Crippen LogP contribution in [0.2, 0.25) is 0 Å².